The largest absolute Gasteiger partial charge is 0.399 e. The molecular formula is C12H16Cl2N2O. The van der Waals surface area contributed by atoms with Crippen molar-refractivity contribution in [1.82, 2.24) is 5.32 Å². The monoisotopic (exact) mass is 274 g/mol. The zero-order valence-corrected chi connectivity index (χ0v) is 11.0. The topological polar surface area (TPSA) is 55.1 Å². The Morgan fingerprint density at radius 2 is 2.18 bits per heavy atom. The van der Waals surface area contributed by atoms with E-state index in [1.807, 2.05) is 0 Å². The van der Waals surface area contributed by atoms with Crippen molar-refractivity contribution in [3.63, 3.8) is 0 Å². The number of carbonyl (C=O) groups is 1. The highest BCUT2D eigenvalue weighted by atomic mass is 35.5. The first-order valence-corrected chi connectivity index (χ1v) is 5.88. The first-order chi connectivity index (χ1) is 7.66. The van der Waals surface area contributed by atoms with Crippen LogP contribution in [0.3, 0.4) is 0 Å². The first kappa shape index (κ1) is 14.1. The van der Waals surface area contributed by atoms with Gasteiger partial charge in [0.1, 0.15) is 0 Å². The Morgan fingerprint density at radius 3 is 2.71 bits per heavy atom. The molecule has 0 atom stereocenters. The summed E-state index contributed by atoms with van der Waals surface area (Å²) in [5.41, 5.74) is 6.63. The van der Waals surface area contributed by atoms with Gasteiger partial charge in [0, 0.05) is 12.2 Å². The van der Waals surface area contributed by atoms with Crippen LogP contribution in [0.25, 0.3) is 0 Å². The summed E-state index contributed by atoms with van der Waals surface area (Å²) in [5.74, 6) is 0.536. The van der Waals surface area contributed by atoms with Crippen LogP contribution in [-0.4, -0.2) is 12.5 Å². The Balaban J connectivity index is 0.00000144. The molecule has 0 spiro atoms. The predicted octanol–water partition coefficient (Wildman–Crippen LogP) is 2.87. The Labute approximate surface area is 112 Å². The average molecular weight is 275 g/mol. The van der Waals surface area contributed by atoms with Crippen molar-refractivity contribution < 1.29 is 4.79 Å². The highest BCUT2D eigenvalue weighted by Crippen LogP contribution is 2.25. The molecule has 0 unspecified atom stereocenters. The van der Waals surface area contributed by atoms with Crippen LogP contribution >= 0.6 is 24.0 Å². The van der Waals surface area contributed by atoms with Crippen LogP contribution in [0.1, 0.15) is 29.6 Å². The second-order valence-corrected chi connectivity index (χ2v) is 4.65. The van der Waals surface area contributed by atoms with Crippen molar-refractivity contribution in [3.8, 4) is 0 Å². The van der Waals surface area contributed by atoms with E-state index in [9.17, 15) is 4.79 Å². The summed E-state index contributed by atoms with van der Waals surface area (Å²) in [6, 6.07) is 4.94. The summed E-state index contributed by atoms with van der Waals surface area (Å²) in [5, 5.41) is 3.31. The number of nitrogens with two attached hydrogens (primary N) is 1. The van der Waals surface area contributed by atoms with E-state index < -0.39 is 0 Å². The summed E-state index contributed by atoms with van der Waals surface area (Å²) in [6.07, 6.45) is 3.72. The molecule has 5 heteroatoms. The number of nitrogen functional groups attached to an aromatic ring is 1. The highest BCUT2D eigenvalue weighted by molar-refractivity contribution is 6.34. The smallest absolute Gasteiger partial charge is 0.252 e. The lowest BCUT2D eigenvalue weighted by atomic mass is 9.85. The van der Waals surface area contributed by atoms with Gasteiger partial charge in [0.25, 0.3) is 5.91 Å². The van der Waals surface area contributed by atoms with Gasteiger partial charge in [0.05, 0.1) is 10.6 Å². The van der Waals surface area contributed by atoms with E-state index in [1.54, 1.807) is 18.2 Å². The summed E-state index contributed by atoms with van der Waals surface area (Å²) in [6.45, 7) is 0.750. The lowest BCUT2D eigenvalue weighted by molar-refractivity contribution is 0.0939. The number of rotatable bonds is 3. The number of benzene rings is 1. The molecule has 3 nitrogen and oxygen atoms in total. The van der Waals surface area contributed by atoms with Crippen molar-refractivity contribution in [1.29, 1.82) is 0 Å². The number of carbonyl (C=O) groups excluding carboxylic acids is 1. The van der Waals surface area contributed by atoms with Gasteiger partial charge in [0.2, 0.25) is 0 Å². The standard InChI is InChI=1S/C12H15ClN2O.ClH/c13-11-6-9(14)4-5-10(11)12(16)15-7-8-2-1-3-8;/h4-6,8H,1-3,7,14H2,(H,15,16);1H. The molecular weight excluding hydrogens is 259 g/mol. The molecule has 0 saturated heterocycles. The SMILES string of the molecule is Cl.Nc1ccc(C(=O)NCC2CCC2)c(Cl)c1. The fraction of sp³-hybridized carbons (Fsp3) is 0.417. The van der Waals surface area contributed by atoms with Crippen LogP contribution in [-0.2, 0) is 0 Å². The van der Waals surface area contributed by atoms with E-state index in [0.717, 1.165) is 6.54 Å². The highest BCUT2D eigenvalue weighted by Gasteiger charge is 2.18. The lowest BCUT2D eigenvalue weighted by Gasteiger charge is -2.25. The number of anilines is 1. The van der Waals surface area contributed by atoms with Gasteiger partial charge < -0.3 is 11.1 Å². The third-order valence-electron chi connectivity index (χ3n) is 3.01. The number of amides is 1. The summed E-state index contributed by atoms with van der Waals surface area (Å²) in [4.78, 5) is 11.8. The Morgan fingerprint density at radius 1 is 1.47 bits per heavy atom. The van der Waals surface area contributed by atoms with E-state index in [2.05, 4.69) is 5.32 Å². The van der Waals surface area contributed by atoms with Crippen LogP contribution in [0.5, 0.6) is 0 Å². The molecule has 1 amide bonds. The quantitative estimate of drug-likeness (QED) is 0.833. The second-order valence-electron chi connectivity index (χ2n) is 4.25. The van der Waals surface area contributed by atoms with Gasteiger partial charge in [-0.2, -0.15) is 0 Å². The van der Waals surface area contributed by atoms with Crippen LogP contribution in [0.15, 0.2) is 18.2 Å². The van der Waals surface area contributed by atoms with Crippen LogP contribution < -0.4 is 11.1 Å². The average Bonchev–Trinajstić information content (AvgIpc) is 2.14. The second kappa shape index (κ2) is 6.12. The van der Waals surface area contributed by atoms with Crippen LogP contribution in [0, 0.1) is 5.92 Å². The fourth-order valence-corrected chi connectivity index (χ4v) is 2.02. The van der Waals surface area contributed by atoms with E-state index in [1.165, 1.54) is 19.3 Å². The maximum atomic E-state index is 11.8. The Bertz CT molecular complexity index is 405. The van der Waals surface area contributed by atoms with Gasteiger partial charge in [-0.25, -0.2) is 0 Å². The third-order valence-corrected chi connectivity index (χ3v) is 3.33. The van der Waals surface area contributed by atoms with Crippen molar-refractivity contribution in [2.45, 2.75) is 19.3 Å². The van der Waals surface area contributed by atoms with E-state index in [-0.39, 0.29) is 18.3 Å². The summed E-state index contributed by atoms with van der Waals surface area (Å²) < 4.78 is 0. The number of nitrogens with one attached hydrogen (secondary N) is 1. The van der Waals surface area contributed by atoms with Crippen molar-refractivity contribution in [3.05, 3.63) is 28.8 Å². The molecule has 1 aliphatic rings. The van der Waals surface area contributed by atoms with E-state index >= 15 is 0 Å². The molecule has 3 N–H and O–H groups in total. The molecule has 0 aliphatic heterocycles. The van der Waals surface area contributed by atoms with E-state index in [0.29, 0.717) is 22.2 Å². The minimum absolute atomic E-state index is 0. The molecule has 17 heavy (non-hydrogen) atoms. The molecule has 0 heterocycles. The molecule has 0 bridgehead atoms. The molecule has 1 aromatic carbocycles. The normalized spacial score (nSPS) is 14.6. The summed E-state index contributed by atoms with van der Waals surface area (Å²) >= 11 is 5.95. The lowest BCUT2D eigenvalue weighted by Crippen LogP contribution is -2.32. The van der Waals surface area contributed by atoms with Gasteiger partial charge in [-0.1, -0.05) is 18.0 Å². The number of halogens is 2. The van der Waals surface area contributed by atoms with Crippen LogP contribution in [0.2, 0.25) is 5.02 Å². The zero-order chi connectivity index (χ0) is 11.5. The van der Waals surface area contributed by atoms with Gasteiger partial charge in [-0.3, -0.25) is 4.79 Å². The Hall–Kier alpha value is -0.930. The molecule has 94 valence electrons. The maximum absolute atomic E-state index is 11.8. The Kier molecular flexibility index (Phi) is 5.09. The summed E-state index contributed by atoms with van der Waals surface area (Å²) in [7, 11) is 0. The van der Waals surface area contributed by atoms with Crippen molar-refractivity contribution in [2.24, 2.45) is 5.92 Å². The molecule has 1 fully saturated rings. The number of hydrogen-bond donors (Lipinski definition) is 2. The predicted molar refractivity (Wildman–Crippen MR) is 72.8 cm³/mol. The molecule has 1 saturated carbocycles. The van der Waals surface area contributed by atoms with Gasteiger partial charge in [-0.15, -0.1) is 12.4 Å². The van der Waals surface area contributed by atoms with E-state index in [4.69, 9.17) is 17.3 Å². The van der Waals surface area contributed by atoms with Gasteiger partial charge in [0.15, 0.2) is 0 Å². The number of hydrogen-bond acceptors (Lipinski definition) is 2. The fourth-order valence-electron chi connectivity index (χ4n) is 1.74. The molecule has 0 radical (unpaired) electrons. The molecule has 1 aromatic rings. The van der Waals surface area contributed by atoms with Gasteiger partial charge >= 0.3 is 0 Å². The van der Waals surface area contributed by atoms with Crippen LogP contribution in [0.4, 0.5) is 5.69 Å². The molecule has 0 aromatic heterocycles. The van der Waals surface area contributed by atoms with Gasteiger partial charge in [-0.05, 0) is 37.0 Å². The molecule has 2 rings (SSSR count). The van der Waals surface area contributed by atoms with Crippen molar-refractivity contribution >= 4 is 35.6 Å². The minimum atomic E-state index is -0.114. The molecule has 1 aliphatic carbocycles. The zero-order valence-electron chi connectivity index (χ0n) is 9.41. The first-order valence-electron chi connectivity index (χ1n) is 5.50. The maximum Gasteiger partial charge on any atom is 0.252 e. The third kappa shape index (κ3) is 3.51. The minimum Gasteiger partial charge on any atom is -0.399 e. The van der Waals surface area contributed by atoms with Crippen molar-refractivity contribution in [2.75, 3.05) is 12.3 Å².